The third-order valence-corrected chi connectivity index (χ3v) is 3.63. The van der Waals surface area contributed by atoms with E-state index in [0.717, 1.165) is 25.7 Å². The Morgan fingerprint density at radius 2 is 1.94 bits per heavy atom. The first kappa shape index (κ1) is 13.4. The van der Waals surface area contributed by atoms with Gasteiger partial charge in [0, 0.05) is 10.6 Å². The molecule has 0 saturated heterocycles. The smallest absolute Gasteiger partial charge is 0.338 e. The van der Waals surface area contributed by atoms with Gasteiger partial charge in [0.25, 0.3) is 0 Å². The predicted molar refractivity (Wildman–Crippen MR) is 73.8 cm³/mol. The molecule has 4 heteroatoms. The van der Waals surface area contributed by atoms with Gasteiger partial charge in [0.05, 0.1) is 10.6 Å². The van der Waals surface area contributed by atoms with Gasteiger partial charge in [-0.25, -0.2) is 4.79 Å². The molecule has 0 aromatic heterocycles. The van der Waals surface area contributed by atoms with Crippen molar-refractivity contribution >= 4 is 34.7 Å². The largest absolute Gasteiger partial charge is 0.459 e. The Hall–Kier alpha value is -0.990. The highest BCUT2D eigenvalue weighted by Gasteiger charge is 2.22. The van der Waals surface area contributed by atoms with Crippen molar-refractivity contribution in [2.45, 2.75) is 31.8 Å². The number of halogens is 2. The lowest BCUT2D eigenvalue weighted by Gasteiger charge is -2.13. The van der Waals surface area contributed by atoms with Crippen LogP contribution in [0.5, 0.6) is 0 Å². The Morgan fingerprint density at radius 1 is 1.28 bits per heavy atom. The standard InChI is InChI=1S/C14H14Cl2O2/c1-9(12-7-6-10(15)8-13(12)16)14(17)18-11-4-2-3-5-11/h6-8,11H,1-5H2. The summed E-state index contributed by atoms with van der Waals surface area (Å²) in [4.78, 5) is 11.9. The van der Waals surface area contributed by atoms with Crippen molar-refractivity contribution in [3.63, 3.8) is 0 Å². The molecule has 0 heterocycles. The molecule has 0 bridgehead atoms. The lowest BCUT2D eigenvalue weighted by molar-refractivity contribution is -0.141. The molecular formula is C14H14Cl2O2. The summed E-state index contributed by atoms with van der Waals surface area (Å²) < 4.78 is 5.38. The molecule has 0 atom stereocenters. The van der Waals surface area contributed by atoms with E-state index in [9.17, 15) is 4.79 Å². The summed E-state index contributed by atoms with van der Waals surface area (Å²) in [5.41, 5.74) is 0.854. The highest BCUT2D eigenvalue weighted by molar-refractivity contribution is 6.37. The highest BCUT2D eigenvalue weighted by atomic mass is 35.5. The normalized spacial score (nSPS) is 15.7. The van der Waals surface area contributed by atoms with Crippen LogP contribution in [-0.4, -0.2) is 12.1 Å². The second kappa shape index (κ2) is 5.77. The van der Waals surface area contributed by atoms with Crippen molar-refractivity contribution in [2.75, 3.05) is 0 Å². The third kappa shape index (κ3) is 3.06. The average Bonchev–Trinajstić information content (AvgIpc) is 2.81. The summed E-state index contributed by atoms with van der Waals surface area (Å²) in [6.07, 6.45) is 4.14. The summed E-state index contributed by atoms with van der Waals surface area (Å²) in [6.45, 7) is 3.76. The molecule has 1 fully saturated rings. The fourth-order valence-corrected chi connectivity index (χ4v) is 2.60. The van der Waals surface area contributed by atoms with Crippen LogP contribution in [0.2, 0.25) is 10.0 Å². The molecule has 1 aliphatic carbocycles. The number of carbonyl (C=O) groups is 1. The van der Waals surface area contributed by atoms with Crippen LogP contribution in [0.3, 0.4) is 0 Å². The number of ether oxygens (including phenoxy) is 1. The van der Waals surface area contributed by atoms with Gasteiger partial charge in [-0.1, -0.05) is 35.8 Å². The monoisotopic (exact) mass is 284 g/mol. The van der Waals surface area contributed by atoms with Crippen molar-refractivity contribution in [1.82, 2.24) is 0 Å². The SMILES string of the molecule is C=C(C(=O)OC1CCCC1)c1ccc(Cl)cc1Cl. The second-order valence-corrected chi connectivity index (χ2v) is 5.26. The van der Waals surface area contributed by atoms with Crippen LogP contribution < -0.4 is 0 Å². The van der Waals surface area contributed by atoms with E-state index in [0.29, 0.717) is 15.6 Å². The van der Waals surface area contributed by atoms with Gasteiger partial charge in [0.2, 0.25) is 0 Å². The number of hydrogen-bond donors (Lipinski definition) is 0. The van der Waals surface area contributed by atoms with Gasteiger partial charge in [-0.15, -0.1) is 0 Å². The van der Waals surface area contributed by atoms with E-state index in [4.69, 9.17) is 27.9 Å². The van der Waals surface area contributed by atoms with E-state index in [2.05, 4.69) is 6.58 Å². The molecule has 0 radical (unpaired) electrons. The molecule has 2 rings (SSSR count). The van der Waals surface area contributed by atoms with Gasteiger partial charge in [0.15, 0.2) is 0 Å². The van der Waals surface area contributed by atoms with E-state index in [-0.39, 0.29) is 11.7 Å². The van der Waals surface area contributed by atoms with Crippen LogP contribution in [0.15, 0.2) is 24.8 Å². The molecule has 1 aromatic carbocycles. The molecule has 1 aliphatic rings. The summed E-state index contributed by atoms with van der Waals surface area (Å²) in [7, 11) is 0. The minimum atomic E-state index is -0.397. The molecule has 96 valence electrons. The molecule has 0 unspecified atom stereocenters. The number of carbonyl (C=O) groups excluding carboxylic acids is 1. The van der Waals surface area contributed by atoms with Gasteiger partial charge in [0.1, 0.15) is 6.10 Å². The minimum absolute atomic E-state index is 0.0281. The van der Waals surface area contributed by atoms with Crippen LogP contribution in [0, 0.1) is 0 Å². The van der Waals surface area contributed by atoms with Crippen molar-refractivity contribution in [2.24, 2.45) is 0 Å². The van der Waals surface area contributed by atoms with Crippen molar-refractivity contribution in [3.05, 3.63) is 40.4 Å². The van der Waals surface area contributed by atoms with Crippen LogP contribution in [0.25, 0.3) is 5.57 Å². The van der Waals surface area contributed by atoms with Crippen LogP contribution in [0.1, 0.15) is 31.2 Å². The van der Waals surface area contributed by atoms with E-state index in [1.54, 1.807) is 18.2 Å². The van der Waals surface area contributed by atoms with E-state index < -0.39 is 5.97 Å². The Bertz CT molecular complexity index is 477. The number of hydrogen-bond acceptors (Lipinski definition) is 2. The number of esters is 1. The van der Waals surface area contributed by atoms with Gasteiger partial charge >= 0.3 is 5.97 Å². The zero-order chi connectivity index (χ0) is 13.1. The van der Waals surface area contributed by atoms with E-state index in [1.165, 1.54) is 0 Å². The summed E-state index contributed by atoms with van der Waals surface area (Å²) >= 11 is 11.8. The molecule has 0 amide bonds. The summed E-state index contributed by atoms with van der Waals surface area (Å²) in [5, 5.41) is 0.941. The fraction of sp³-hybridized carbons (Fsp3) is 0.357. The Kier molecular flexibility index (Phi) is 4.31. The molecule has 18 heavy (non-hydrogen) atoms. The maximum absolute atomic E-state index is 11.9. The summed E-state index contributed by atoms with van der Waals surface area (Å²) in [5.74, 6) is -0.397. The lowest BCUT2D eigenvalue weighted by Crippen LogP contribution is -2.15. The fourth-order valence-electron chi connectivity index (χ4n) is 2.07. The van der Waals surface area contributed by atoms with Crippen LogP contribution in [0.4, 0.5) is 0 Å². The second-order valence-electron chi connectivity index (χ2n) is 4.41. The highest BCUT2D eigenvalue weighted by Crippen LogP contribution is 2.28. The first-order valence-corrected chi connectivity index (χ1v) is 6.69. The Labute approximate surface area is 117 Å². The Morgan fingerprint density at radius 3 is 2.56 bits per heavy atom. The average molecular weight is 285 g/mol. The van der Waals surface area contributed by atoms with Crippen LogP contribution >= 0.6 is 23.2 Å². The quantitative estimate of drug-likeness (QED) is 0.604. The van der Waals surface area contributed by atoms with Gasteiger partial charge in [-0.05, 0) is 37.8 Å². The van der Waals surface area contributed by atoms with E-state index in [1.807, 2.05) is 0 Å². The maximum Gasteiger partial charge on any atom is 0.338 e. The van der Waals surface area contributed by atoms with Crippen molar-refractivity contribution < 1.29 is 9.53 Å². The first-order chi connectivity index (χ1) is 8.58. The first-order valence-electron chi connectivity index (χ1n) is 5.93. The van der Waals surface area contributed by atoms with Crippen LogP contribution in [-0.2, 0) is 9.53 Å². The molecule has 1 aromatic rings. The molecule has 2 nitrogen and oxygen atoms in total. The zero-order valence-corrected chi connectivity index (χ0v) is 11.4. The molecule has 0 spiro atoms. The molecular weight excluding hydrogens is 271 g/mol. The van der Waals surface area contributed by atoms with Gasteiger partial charge in [-0.2, -0.15) is 0 Å². The number of benzene rings is 1. The predicted octanol–water partition coefficient (Wildman–Crippen LogP) is 4.49. The van der Waals surface area contributed by atoms with Gasteiger partial charge in [-0.3, -0.25) is 0 Å². The Balaban J connectivity index is 2.07. The van der Waals surface area contributed by atoms with Crippen molar-refractivity contribution in [1.29, 1.82) is 0 Å². The lowest BCUT2D eigenvalue weighted by atomic mass is 10.1. The minimum Gasteiger partial charge on any atom is -0.459 e. The van der Waals surface area contributed by atoms with Gasteiger partial charge < -0.3 is 4.74 Å². The van der Waals surface area contributed by atoms with Crippen molar-refractivity contribution in [3.8, 4) is 0 Å². The zero-order valence-electron chi connectivity index (χ0n) is 9.92. The maximum atomic E-state index is 11.9. The summed E-state index contributed by atoms with van der Waals surface area (Å²) in [6, 6.07) is 4.95. The molecule has 1 saturated carbocycles. The third-order valence-electron chi connectivity index (χ3n) is 3.08. The number of rotatable bonds is 3. The molecule has 0 aliphatic heterocycles. The van der Waals surface area contributed by atoms with E-state index >= 15 is 0 Å². The topological polar surface area (TPSA) is 26.3 Å². The molecule has 0 N–H and O–H groups in total.